The van der Waals surface area contributed by atoms with Gasteiger partial charge in [-0.05, 0) is 24.3 Å². The Morgan fingerprint density at radius 3 is 1.96 bits per heavy atom. The number of benzene rings is 2. The van der Waals surface area contributed by atoms with Gasteiger partial charge in [0, 0.05) is 37.8 Å². The van der Waals surface area contributed by atoms with Gasteiger partial charge < -0.3 is 24.0 Å². The molecular weight excluding hydrogens is 360 g/mol. The van der Waals surface area contributed by atoms with Crippen molar-refractivity contribution in [2.45, 2.75) is 0 Å². The van der Waals surface area contributed by atoms with Crippen molar-refractivity contribution in [2.24, 2.45) is 0 Å². The van der Waals surface area contributed by atoms with Crippen molar-refractivity contribution in [1.29, 1.82) is 0 Å². The molecule has 0 spiro atoms. The predicted octanol–water partition coefficient (Wildman–Crippen LogP) is 2.07. The van der Waals surface area contributed by atoms with Crippen LogP contribution in [0.5, 0.6) is 17.2 Å². The van der Waals surface area contributed by atoms with Crippen molar-refractivity contribution in [3.05, 3.63) is 54.1 Å². The first-order chi connectivity index (χ1) is 13.6. The smallest absolute Gasteiger partial charge is 0.260 e. The van der Waals surface area contributed by atoms with E-state index in [0.29, 0.717) is 49.0 Å². The molecule has 3 rings (SSSR count). The fourth-order valence-electron chi connectivity index (χ4n) is 3.03. The normalized spacial score (nSPS) is 13.8. The van der Waals surface area contributed by atoms with Crippen molar-refractivity contribution in [3.8, 4) is 17.2 Å². The van der Waals surface area contributed by atoms with Crippen LogP contribution in [-0.2, 0) is 4.79 Å². The van der Waals surface area contributed by atoms with Gasteiger partial charge in [-0.1, -0.05) is 18.2 Å². The Kier molecular flexibility index (Phi) is 6.37. The van der Waals surface area contributed by atoms with Crippen LogP contribution in [-0.4, -0.2) is 68.6 Å². The van der Waals surface area contributed by atoms with Crippen molar-refractivity contribution in [3.63, 3.8) is 0 Å². The lowest BCUT2D eigenvalue weighted by Gasteiger charge is -2.34. The van der Waals surface area contributed by atoms with Crippen LogP contribution in [0.4, 0.5) is 0 Å². The molecule has 1 fully saturated rings. The van der Waals surface area contributed by atoms with Crippen molar-refractivity contribution in [2.75, 3.05) is 47.0 Å². The van der Waals surface area contributed by atoms with Crippen LogP contribution in [0.2, 0.25) is 0 Å². The van der Waals surface area contributed by atoms with E-state index in [1.165, 1.54) is 0 Å². The highest BCUT2D eigenvalue weighted by molar-refractivity contribution is 5.95. The van der Waals surface area contributed by atoms with E-state index in [4.69, 9.17) is 14.2 Å². The molecule has 1 aliphatic heterocycles. The third-order valence-corrected chi connectivity index (χ3v) is 4.62. The molecule has 7 heteroatoms. The highest BCUT2D eigenvalue weighted by atomic mass is 16.5. The molecule has 1 saturated heterocycles. The second kappa shape index (κ2) is 9.12. The Hall–Kier alpha value is -3.22. The zero-order valence-corrected chi connectivity index (χ0v) is 16.1. The molecule has 7 nitrogen and oxygen atoms in total. The summed E-state index contributed by atoms with van der Waals surface area (Å²) in [7, 11) is 3.09. The molecular formula is C21H24N2O5. The minimum absolute atomic E-state index is 0.00889. The number of carbonyl (C=O) groups excluding carboxylic acids is 2. The van der Waals surface area contributed by atoms with Gasteiger partial charge in [0.15, 0.2) is 6.61 Å². The Morgan fingerprint density at radius 1 is 0.821 bits per heavy atom. The fraction of sp³-hybridized carbons (Fsp3) is 0.333. The highest BCUT2D eigenvalue weighted by Gasteiger charge is 2.25. The molecule has 2 aromatic carbocycles. The first-order valence-electron chi connectivity index (χ1n) is 9.08. The van der Waals surface area contributed by atoms with E-state index in [-0.39, 0.29) is 18.4 Å². The molecule has 0 radical (unpaired) electrons. The maximum absolute atomic E-state index is 12.8. The van der Waals surface area contributed by atoms with Gasteiger partial charge in [0.25, 0.3) is 11.8 Å². The Bertz CT molecular complexity index is 795. The van der Waals surface area contributed by atoms with Gasteiger partial charge in [-0.2, -0.15) is 0 Å². The summed E-state index contributed by atoms with van der Waals surface area (Å²) < 4.78 is 16.0. The lowest BCUT2D eigenvalue weighted by Crippen LogP contribution is -2.51. The average molecular weight is 384 g/mol. The van der Waals surface area contributed by atoms with Gasteiger partial charge in [-0.15, -0.1) is 0 Å². The van der Waals surface area contributed by atoms with Crippen molar-refractivity contribution >= 4 is 11.8 Å². The molecule has 0 bridgehead atoms. The number of rotatable bonds is 6. The number of hydrogen-bond donors (Lipinski definition) is 0. The van der Waals surface area contributed by atoms with Crippen molar-refractivity contribution in [1.82, 2.24) is 9.80 Å². The van der Waals surface area contributed by atoms with Gasteiger partial charge >= 0.3 is 0 Å². The van der Waals surface area contributed by atoms with Crippen LogP contribution in [0.25, 0.3) is 0 Å². The number of ether oxygens (including phenoxy) is 3. The van der Waals surface area contributed by atoms with E-state index in [0.717, 1.165) is 0 Å². The van der Waals surface area contributed by atoms with E-state index >= 15 is 0 Å². The molecule has 148 valence electrons. The zero-order chi connectivity index (χ0) is 19.9. The number of piperazine rings is 1. The number of amides is 2. The summed E-state index contributed by atoms with van der Waals surface area (Å²) in [5, 5.41) is 0. The third kappa shape index (κ3) is 4.73. The largest absolute Gasteiger partial charge is 0.497 e. The van der Waals surface area contributed by atoms with Crippen molar-refractivity contribution < 1.29 is 23.8 Å². The van der Waals surface area contributed by atoms with Gasteiger partial charge in [0.05, 0.1) is 14.2 Å². The van der Waals surface area contributed by atoms with E-state index in [2.05, 4.69) is 0 Å². The second-order valence-corrected chi connectivity index (χ2v) is 6.38. The van der Waals surface area contributed by atoms with E-state index in [1.807, 2.05) is 30.3 Å². The van der Waals surface area contributed by atoms with E-state index in [1.54, 1.807) is 42.2 Å². The average Bonchev–Trinajstić information content (AvgIpc) is 2.77. The fourth-order valence-corrected chi connectivity index (χ4v) is 3.03. The molecule has 1 aliphatic rings. The number of methoxy groups -OCH3 is 2. The molecule has 0 atom stereocenters. The Morgan fingerprint density at radius 2 is 1.39 bits per heavy atom. The molecule has 0 N–H and O–H groups in total. The summed E-state index contributed by atoms with van der Waals surface area (Å²) in [5.41, 5.74) is 0.503. The first kappa shape index (κ1) is 19.5. The second-order valence-electron chi connectivity index (χ2n) is 6.38. The summed E-state index contributed by atoms with van der Waals surface area (Å²) in [6, 6.07) is 14.3. The molecule has 0 aliphatic carbocycles. The predicted molar refractivity (Wildman–Crippen MR) is 104 cm³/mol. The quantitative estimate of drug-likeness (QED) is 0.763. The minimum Gasteiger partial charge on any atom is -0.497 e. The number of para-hydroxylation sites is 1. The molecule has 0 saturated carbocycles. The minimum atomic E-state index is -0.107. The Balaban J connectivity index is 1.54. The number of hydrogen-bond acceptors (Lipinski definition) is 5. The molecule has 0 aromatic heterocycles. The first-order valence-corrected chi connectivity index (χ1v) is 9.08. The monoisotopic (exact) mass is 384 g/mol. The molecule has 2 amide bonds. The highest BCUT2D eigenvalue weighted by Crippen LogP contribution is 2.23. The van der Waals surface area contributed by atoms with E-state index in [9.17, 15) is 9.59 Å². The van der Waals surface area contributed by atoms with E-state index < -0.39 is 0 Å². The van der Waals surface area contributed by atoms with Crippen LogP contribution in [0.15, 0.2) is 48.5 Å². The van der Waals surface area contributed by atoms with Crippen LogP contribution in [0.1, 0.15) is 10.4 Å². The van der Waals surface area contributed by atoms with Crippen LogP contribution < -0.4 is 14.2 Å². The third-order valence-electron chi connectivity index (χ3n) is 4.62. The van der Waals surface area contributed by atoms with Gasteiger partial charge in [0.2, 0.25) is 0 Å². The standard InChI is InChI=1S/C21H24N2O5/c1-26-18-12-16(13-19(14-18)27-2)21(25)23-10-8-22(9-11-23)20(24)15-28-17-6-4-3-5-7-17/h3-7,12-14H,8-11,15H2,1-2H3. The summed E-state index contributed by atoms with van der Waals surface area (Å²) in [6.07, 6.45) is 0. The summed E-state index contributed by atoms with van der Waals surface area (Å²) in [4.78, 5) is 28.6. The molecule has 1 heterocycles. The number of carbonyl (C=O) groups is 2. The summed E-state index contributed by atoms with van der Waals surface area (Å²) in [6.45, 7) is 1.88. The maximum Gasteiger partial charge on any atom is 0.260 e. The van der Waals surface area contributed by atoms with Gasteiger partial charge in [-0.3, -0.25) is 9.59 Å². The number of nitrogens with zero attached hydrogens (tertiary/aromatic N) is 2. The molecule has 0 unspecified atom stereocenters. The summed E-state index contributed by atoms with van der Waals surface area (Å²) >= 11 is 0. The Labute approximate surface area is 164 Å². The SMILES string of the molecule is COc1cc(OC)cc(C(=O)N2CCN(C(=O)COc3ccccc3)CC2)c1. The van der Waals surface area contributed by atoms with Gasteiger partial charge in [-0.25, -0.2) is 0 Å². The summed E-state index contributed by atoms with van der Waals surface area (Å²) in [5.74, 6) is 1.60. The lowest BCUT2D eigenvalue weighted by atomic mass is 10.1. The van der Waals surface area contributed by atoms with Gasteiger partial charge in [0.1, 0.15) is 17.2 Å². The lowest BCUT2D eigenvalue weighted by molar-refractivity contribution is -0.134. The molecule has 2 aromatic rings. The zero-order valence-electron chi connectivity index (χ0n) is 16.1. The topological polar surface area (TPSA) is 68.3 Å². The van der Waals surface area contributed by atoms with Crippen LogP contribution in [0, 0.1) is 0 Å². The van der Waals surface area contributed by atoms with Crippen LogP contribution >= 0.6 is 0 Å². The van der Waals surface area contributed by atoms with Crippen LogP contribution in [0.3, 0.4) is 0 Å². The molecule has 28 heavy (non-hydrogen) atoms. The maximum atomic E-state index is 12.8.